The molecular formula is C12H17F3N2O2S2. The van der Waals surface area contributed by atoms with Gasteiger partial charge in [0.15, 0.2) is 0 Å². The SMILES string of the molecule is O=S(=O)(NCCCC(F)(F)F)c1ccc(CNC2CC2)s1. The summed E-state index contributed by atoms with van der Waals surface area (Å²) < 4.78 is 62.1. The first-order valence-corrected chi connectivity index (χ1v) is 8.95. The Balaban J connectivity index is 1.80. The van der Waals surface area contributed by atoms with Crippen LogP contribution in [0.15, 0.2) is 16.3 Å². The zero-order valence-corrected chi connectivity index (χ0v) is 12.9. The highest BCUT2D eigenvalue weighted by Crippen LogP contribution is 2.24. The van der Waals surface area contributed by atoms with Gasteiger partial charge in [-0.15, -0.1) is 11.3 Å². The summed E-state index contributed by atoms with van der Waals surface area (Å²) in [5.41, 5.74) is 0. The number of alkyl halides is 3. The highest BCUT2D eigenvalue weighted by atomic mass is 32.2. The van der Waals surface area contributed by atoms with Crippen LogP contribution in [-0.2, 0) is 16.6 Å². The fourth-order valence-electron chi connectivity index (χ4n) is 1.70. The van der Waals surface area contributed by atoms with E-state index in [0.717, 1.165) is 29.1 Å². The minimum atomic E-state index is -4.25. The van der Waals surface area contributed by atoms with Crippen molar-refractivity contribution in [2.24, 2.45) is 0 Å². The molecule has 120 valence electrons. The molecular weight excluding hydrogens is 325 g/mol. The lowest BCUT2D eigenvalue weighted by Crippen LogP contribution is -2.25. The smallest absolute Gasteiger partial charge is 0.309 e. The molecule has 1 saturated carbocycles. The monoisotopic (exact) mass is 342 g/mol. The van der Waals surface area contributed by atoms with Gasteiger partial charge in [-0.05, 0) is 31.4 Å². The fourth-order valence-corrected chi connectivity index (χ4v) is 4.12. The average molecular weight is 342 g/mol. The molecule has 0 unspecified atom stereocenters. The van der Waals surface area contributed by atoms with E-state index in [1.54, 1.807) is 6.07 Å². The van der Waals surface area contributed by atoms with Crippen LogP contribution in [0, 0.1) is 0 Å². The maximum absolute atomic E-state index is 12.0. The molecule has 0 saturated heterocycles. The molecule has 0 aromatic carbocycles. The van der Waals surface area contributed by atoms with Crippen molar-refractivity contribution in [1.82, 2.24) is 10.0 Å². The summed E-state index contributed by atoms with van der Waals surface area (Å²) in [7, 11) is -3.71. The number of halogens is 3. The van der Waals surface area contributed by atoms with Gasteiger partial charge in [-0.3, -0.25) is 0 Å². The summed E-state index contributed by atoms with van der Waals surface area (Å²) in [5.74, 6) is 0. The molecule has 0 radical (unpaired) electrons. The van der Waals surface area contributed by atoms with Gasteiger partial charge in [0, 0.05) is 30.4 Å². The van der Waals surface area contributed by atoms with Crippen molar-refractivity contribution in [2.75, 3.05) is 6.54 Å². The highest BCUT2D eigenvalue weighted by molar-refractivity contribution is 7.91. The zero-order valence-electron chi connectivity index (χ0n) is 11.2. The zero-order chi connectivity index (χ0) is 15.5. The van der Waals surface area contributed by atoms with E-state index < -0.39 is 22.6 Å². The molecule has 0 atom stereocenters. The van der Waals surface area contributed by atoms with Gasteiger partial charge in [-0.2, -0.15) is 13.2 Å². The Kier molecular flexibility index (Phi) is 5.29. The summed E-state index contributed by atoms with van der Waals surface area (Å²) >= 11 is 1.14. The average Bonchev–Trinajstić information content (AvgIpc) is 3.07. The van der Waals surface area contributed by atoms with E-state index in [9.17, 15) is 21.6 Å². The molecule has 0 amide bonds. The van der Waals surface area contributed by atoms with Crippen LogP contribution in [0.25, 0.3) is 0 Å². The van der Waals surface area contributed by atoms with Crippen LogP contribution in [-0.4, -0.2) is 27.2 Å². The van der Waals surface area contributed by atoms with Gasteiger partial charge in [-0.1, -0.05) is 0 Å². The minimum Gasteiger partial charge on any atom is -0.309 e. The molecule has 1 aromatic rings. The van der Waals surface area contributed by atoms with Crippen LogP contribution >= 0.6 is 11.3 Å². The van der Waals surface area contributed by atoms with Crippen molar-refractivity contribution in [1.29, 1.82) is 0 Å². The van der Waals surface area contributed by atoms with Crippen LogP contribution in [0.5, 0.6) is 0 Å². The third-order valence-electron chi connectivity index (χ3n) is 2.97. The van der Waals surface area contributed by atoms with Crippen molar-refractivity contribution in [3.63, 3.8) is 0 Å². The Hall–Kier alpha value is -0.640. The van der Waals surface area contributed by atoms with E-state index in [4.69, 9.17) is 0 Å². The molecule has 1 heterocycles. The Labute approximate surface area is 125 Å². The maximum Gasteiger partial charge on any atom is 0.389 e. The van der Waals surface area contributed by atoms with Crippen LogP contribution in [0.3, 0.4) is 0 Å². The molecule has 0 spiro atoms. The van der Waals surface area contributed by atoms with Crippen molar-refractivity contribution >= 4 is 21.4 Å². The second-order valence-corrected chi connectivity index (χ2v) is 8.15. The number of nitrogens with one attached hydrogen (secondary N) is 2. The summed E-state index contributed by atoms with van der Waals surface area (Å²) in [4.78, 5) is 0.901. The third kappa shape index (κ3) is 5.93. The van der Waals surface area contributed by atoms with E-state index in [-0.39, 0.29) is 17.2 Å². The molecule has 1 aromatic heterocycles. The maximum atomic E-state index is 12.0. The summed E-state index contributed by atoms with van der Waals surface area (Å²) in [6.45, 7) is 0.411. The topological polar surface area (TPSA) is 58.2 Å². The lowest BCUT2D eigenvalue weighted by atomic mass is 10.3. The van der Waals surface area contributed by atoms with E-state index in [1.807, 2.05) is 0 Å². The first-order chi connectivity index (χ1) is 9.76. The van der Waals surface area contributed by atoms with Crippen LogP contribution in [0.2, 0.25) is 0 Å². The van der Waals surface area contributed by atoms with Gasteiger partial charge in [0.1, 0.15) is 4.21 Å². The van der Waals surface area contributed by atoms with Gasteiger partial charge in [-0.25, -0.2) is 13.1 Å². The summed E-state index contributed by atoms with van der Waals surface area (Å²) in [5, 5.41) is 3.28. The van der Waals surface area contributed by atoms with E-state index in [2.05, 4.69) is 10.0 Å². The molecule has 1 fully saturated rings. The third-order valence-corrected chi connectivity index (χ3v) is 6.01. The summed E-state index contributed by atoms with van der Waals surface area (Å²) in [6.07, 6.45) is -3.20. The quantitative estimate of drug-likeness (QED) is 0.714. The molecule has 21 heavy (non-hydrogen) atoms. The Morgan fingerprint density at radius 3 is 2.62 bits per heavy atom. The number of hydrogen-bond acceptors (Lipinski definition) is 4. The predicted octanol–water partition coefficient (Wildman–Crippen LogP) is 2.62. The largest absolute Gasteiger partial charge is 0.389 e. The molecule has 1 aliphatic rings. The molecule has 4 nitrogen and oxygen atoms in total. The second-order valence-electron chi connectivity index (χ2n) is 4.99. The Morgan fingerprint density at radius 1 is 1.29 bits per heavy atom. The Morgan fingerprint density at radius 2 is 2.00 bits per heavy atom. The summed E-state index contributed by atoms with van der Waals surface area (Å²) in [6, 6.07) is 3.75. The lowest BCUT2D eigenvalue weighted by molar-refractivity contribution is -0.135. The van der Waals surface area contributed by atoms with Gasteiger partial charge < -0.3 is 5.32 Å². The molecule has 0 bridgehead atoms. The fraction of sp³-hybridized carbons (Fsp3) is 0.667. The van der Waals surface area contributed by atoms with E-state index >= 15 is 0 Å². The minimum absolute atomic E-state index is 0.141. The second kappa shape index (κ2) is 6.64. The van der Waals surface area contributed by atoms with Gasteiger partial charge in [0.25, 0.3) is 0 Å². The van der Waals surface area contributed by atoms with Crippen LogP contribution in [0.1, 0.15) is 30.6 Å². The molecule has 0 aliphatic heterocycles. The van der Waals surface area contributed by atoms with Crippen LogP contribution < -0.4 is 10.0 Å². The van der Waals surface area contributed by atoms with Crippen molar-refractivity contribution in [3.8, 4) is 0 Å². The Bertz CT molecular complexity index is 565. The highest BCUT2D eigenvalue weighted by Gasteiger charge is 2.26. The first-order valence-electron chi connectivity index (χ1n) is 6.65. The van der Waals surface area contributed by atoms with Crippen LogP contribution in [0.4, 0.5) is 13.2 Å². The molecule has 1 aliphatic carbocycles. The number of thiophene rings is 1. The van der Waals surface area contributed by atoms with E-state index in [1.165, 1.54) is 6.07 Å². The standard InChI is InChI=1S/C12H17F3N2O2S2/c13-12(14,15)6-1-7-17-21(18,19)11-5-4-10(20-11)8-16-9-2-3-9/h4-5,9,16-17H,1-3,6-8H2. The van der Waals surface area contributed by atoms with E-state index in [0.29, 0.717) is 12.6 Å². The first kappa shape index (κ1) is 16.7. The normalized spacial score (nSPS) is 16.3. The van der Waals surface area contributed by atoms with Gasteiger partial charge in [0.2, 0.25) is 10.0 Å². The van der Waals surface area contributed by atoms with Gasteiger partial charge >= 0.3 is 6.18 Å². The lowest BCUT2D eigenvalue weighted by Gasteiger charge is -2.07. The van der Waals surface area contributed by atoms with Crippen molar-refractivity contribution in [2.45, 2.75) is 48.7 Å². The predicted molar refractivity (Wildman–Crippen MR) is 74.7 cm³/mol. The number of rotatable bonds is 8. The number of sulfonamides is 1. The van der Waals surface area contributed by atoms with Gasteiger partial charge in [0.05, 0.1) is 0 Å². The molecule has 2 N–H and O–H groups in total. The molecule has 9 heteroatoms. The molecule has 2 rings (SSSR count). The number of hydrogen-bond donors (Lipinski definition) is 2. The van der Waals surface area contributed by atoms with Crippen molar-refractivity contribution in [3.05, 3.63) is 17.0 Å². The van der Waals surface area contributed by atoms with Crippen molar-refractivity contribution < 1.29 is 21.6 Å².